The molecule has 23 heavy (non-hydrogen) atoms. The Kier molecular flexibility index (Phi) is 5.36. The molecule has 1 aromatic rings. The molecule has 2 fully saturated rings. The van der Waals surface area contributed by atoms with E-state index in [1.165, 1.54) is 32.6 Å². The van der Waals surface area contributed by atoms with Crippen molar-refractivity contribution < 1.29 is 9.59 Å². The molecule has 3 unspecified atom stereocenters. The first-order chi connectivity index (χ1) is 11.1. The number of hydrogen-bond acceptors (Lipinski definition) is 3. The second kappa shape index (κ2) is 7.47. The molecule has 0 bridgehead atoms. The highest BCUT2D eigenvalue weighted by Crippen LogP contribution is 2.36. The third-order valence-corrected chi connectivity index (χ3v) is 6.27. The minimum Gasteiger partial charge on any atom is -0.348 e. The number of amides is 2. The number of carbonyl (C=O) groups is 2. The molecule has 2 amide bonds. The Hall–Kier alpha value is -1.36. The average molecular weight is 334 g/mol. The second-order valence-corrected chi connectivity index (χ2v) is 7.88. The zero-order chi connectivity index (χ0) is 16.2. The fourth-order valence-electron chi connectivity index (χ4n) is 4.09. The maximum absolute atomic E-state index is 12.7. The van der Waals surface area contributed by atoms with E-state index < -0.39 is 0 Å². The van der Waals surface area contributed by atoms with Crippen LogP contribution in [0.3, 0.4) is 0 Å². The number of likely N-dealkylation sites (tertiary alicyclic amines) is 1. The van der Waals surface area contributed by atoms with Gasteiger partial charge in [0.1, 0.15) is 0 Å². The summed E-state index contributed by atoms with van der Waals surface area (Å²) in [4.78, 5) is 27.3. The van der Waals surface area contributed by atoms with Crippen LogP contribution in [0.4, 0.5) is 0 Å². The molecule has 3 rings (SSSR count). The van der Waals surface area contributed by atoms with Crippen LogP contribution in [-0.4, -0.2) is 29.8 Å². The van der Waals surface area contributed by atoms with Gasteiger partial charge in [-0.05, 0) is 36.1 Å². The van der Waals surface area contributed by atoms with Crippen molar-refractivity contribution in [2.75, 3.05) is 13.1 Å². The summed E-state index contributed by atoms with van der Waals surface area (Å²) in [5.41, 5.74) is 0. The first-order valence-electron chi connectivity index (χ1n) is 8.71. The van der Waals surface area contributed by atoms with E-state index in [2.05, 4.69) is 5.32 Å². The Morgan fingerprint density at radius 2 is 2.09 bits per heavy atom. The van der Waals surface area contributed by atoms with E-state index in [0.29, 0.717) is 12.3 Å². The molecule has 1 aliphatic heterocycles. The molecule has 1 N–H and O–H groups in total. The van der Waals surface area contributed by atoms with Crippen molar-refractivity contribution in [1.29, 1.82) is 0 Å². The Morgan fingerprint density at radius 3 is 2.78 bits per heavy atom. The summed E-state index contributed by atoms with van der Waals surface area (Å²) in [6, 6.07) is 3.77. The summed E-state index contributed by atoms with van der Waals surface area (Å²) >= 11 is 1.59. The monoisotopic (exact) mass is 334 g/mol. The molecule has 1 aromatic heterocycles. The number of carbonyl (C=O) groups excluding carboxylic acids is 2. The van der Waals surface area contributed by atoms with Crippen molar-refractivity contribution in [1.82, 2.24) is 10.2 Å². The number of fused-ring (bicyclic) bond motifs is 1. The molecule has 2 heterocycles. The number of hydrogen-bond donors (Lipinski definition) is 1. The highest BCUT2D eigenvalue weighted by molar-refractivity contribution is 7.10. The molecule has 2 aliphatic rings. The normalized spacial score (nSPS) is 25.5. The molecule has 0 radical (unpaired) electrons. The van der Waals surface area contributed by atoms with E-state index in [-0.39, 0.29) is 17.9 Å². The van der Waals surface area contributed by atoms with Crippen LogP contribution in [-0.2, 0) is 9.59 Å². The fourth-order valence-corrected chi connectivity index (χ4v) is 4.87. The molecule has 1 aliphatic carbocycles. The third kappa shape index (κ3) is 4.14. The van der Waals surface area contributed by atoms with Gasteiger partial charge in [0.2, 0.25) is 11.8 Å². The number of rotatable bonds is 4. The minimum absolute atomic E-state index is 0.0813. The van der Waals surface area contributed by atoms with Crippen LogP contribution in [0.15, 0.2) is 17.5 Å². The van der Waals surface area contributed by atoms with E-state index >= 15 is 0 Å². The van der Waals surface area contributed by atoms with Gasteiger partial charge in [-0.15, -0.1) is 11.3 Å². The second-order valence-electron chi connectivity index (χ2n) is 6.91. The van der Waals surface area contributed by atoms with Crippen LogP contribution in [0.1, 0.15) is 56.4 Å². The largest absolute Gasteiger partial charge is 0.348 e. The van der Waals surface area contributed by atoms with E-state index in [0.717, 1.165) is 30.3 Å². The molecule has 1 saturated heterocycles. The van der Waals surface area contributed by atoms with Gasteiger partial charge < -0.3 is 10.2 Å². The zero-order valence-electron chi connectivity index (χ0n) is 13.8. The van der Waals surface area contributed by atoms with Crippen molar-refractivity contribution in [2.45, 2.75) is 51.5 Å². The Morgan fingerprint density at radius 1 is 1.30 bits per heavy atom. The van der Waals surface area contributed by atoms with E-state index in [1.54, 1.807) is 11.3 Å². The molecule has 4 nitrogen and oxygen atoms in total. The number of nitrogens with one attached hydrogen (secondary N) is 1. The van der Waals surface area contributed by atoms with Gasteiger partial charge in [-0.1, -0.05) is 25.3 Å². The summed E-state index contributed by atoms with van der Waals surface area (Å²) in [6.07, 6.45) is 6.81. The standard InChI is InChI=1S/C18H26N2O2S/c1-13(21)19-16(17-7-4-10-23-17)11-18(22)20-9-8-14-5-2-3-6-15(14)12-20/h4,7,10,14-16H,2-3,5-6,8-9,11-12H2,1H3,(H,19,21). The molecule has 0 spiro atoms. The highest BCUT2D eigenvalue weighted by Gasteiger charge is 2.33. The van der Waals surface area contributed by atoms with Crippen LogP contribution in [0.5, 0.6) is 0 Å². The van der Waals surface area contributed by atoms with Gasteiger partial charge in [-0.2, -0.15) is 0 Å². The van der Waals surface area contributed by atoms with Gasteiger partial charge in [0.25, 0.3) is 0 Å². The topological polar surface area (TPSA) is 49.4 Å². The van der Waals surface area contributed by atoms with Gasteiger partial charge in [-0.25, -0.2) is 0 Å². The summed E-state index contributed by atoms with van der Waals surface area (Å²) in [5.74, 6) is 1.63. The molecule has 1 saturated carbocycles. The van der Waals surface area contributed by atoms with Gasteiger partial charge in [-0.3, -0.25) is 9.59 Å². The van der Waals surface area contributed by atoms with Crippen molar-refractivity contribution >= 4 is 23.2 Å². The molecular weight excluding hydrogens is 308 g/mol. The third-order valence-electron chi connectivity index (χ3n) is 5.29. The van der Waals surface area contributed by atoms with Crippen LogP contribution < -0.4 is 5.32 Å². The lowest BCUT2D eigenvalue weighted by atomic mass is 9.75. The quantitative estimate of drug-likeness (QED) is 0.918. The molecule has 126 valence electrons. The number of thiophene rings is 1. The highest BCUT2D eigenvalue weighted by atomic mass is 32.1. The maximum atomic E-state index is 12.7. The SMILES string of the molecule is CC(=O)NC(CC(=O)N1CCC2CCCCC2C1)c1cccs1. The lowest BCUT2D eigenvalue weighted by Gasteiger charge is -2.41. The van der Waals surface area contributed by atoms with Gasteiger partial charge in [0.05, 0.1) is 12.5 Å². The first-order valence-corrected chi connectivity index (χ1v) is 9.59. The Labute approximate surface area is 142 Å². The predicted molar refractivity (Wildman–Crippen MR) is 92.1 cm³/mol. The van der Waals surface area contributed by atoms with Crippen molar-refractivity contribution in [3.05, 3.63) is 22.4 Å². The van der Waals surface area contributed by atoms with Crippen LogP contribution in [0.2, 0.25) is 0 Å². The van der Waals surface area contributed by atoms with Crippen molar-refractivity contribution in [2.24, 2.45) is 11.8 Å². The molecular formula is C18H26N2O2S. The average Bonchev–Trinajstić information content (AvgIpc) is 3.07. The minimum atomic E-state index is -0.191. The number of nitrogens with zero attached hydrogens (tertiary/aromatic N) is 1. The van der Waals surface area contributed by atoms with Crippen molar-refractivity contribution in [3.8, 4) is 0 Å². The molecule has 5 heteroatoms. The summed E-state index contributed by atoms with van der Waals surface area (Å²) < 4.78 is 0. The van der Waals surface area contributed by atoms with E-state index in [9.17, 15) is 9.59 Å². The van der Waals surface area contributed by atoms with Gasteiger partial charge >= 0.3 is 0 Å². The van der Waals surface area contributed by atoms with E-state index in [1.807, 2.05) is 22.4 Å². The predicted octanol–water partition coefficient (Wildman–Crippen LogP) is 3.35. The zero-order valence-corrected chi connectivity index (χ0v) is 14.6. The Balaban J connectivity index is 1.61. The maximum Gasteiger partial charge on any atom is 0.225 e. The van der Waals surface area contributed by atoms with Crippen LogP contribution in [0, 0.1) is 11.8 Å². The molecule has 0 aromatic carbocycles. The van der Waals surface area contributed by atoms with Crippen molar-refractivity contribution in [3.63, 3.8) is 0 Å². The van der Waals surface area contributed by atoms with Gasteiger partial charge in [0.15, 0.2) is 0 Å². The van der Waals surface area contributed by atoms with E-state index in [4.69, 9.17) is 0 Å². The van der Waals surface area contributed by atoms with Crippen LogP contribution >= 0.6 is 11.3 Å². The fraction of sp³-hybridized carbons (Fsp3) is 0.667. The summed E-state index contributed by atoms with van der Waals surface area (Å²) in [7, 11) is 0. The first kappa shape index (κ1) is 16.5. The smallest absolute Gasteiger partial charge is 0.225 e. The lowest BCUT2D eigenvalue weighted by molar-refractivity contribution is -0.135. The van der Waals surface area contributed by atoms with Crippen LogP contribution in [0.25, 0.3) is 0 Å². The molecule has 3 atom stereocenters. The number of piperidine rings is 1. The Bertz CT molecular complexity index is 543. The lowest BCUT2D eigenvalue weighted by Crippen LogP contribution is -2.45. The summed E-state index contributed by atoms with van der Waals surface area (Å²) in [6.45, 7) is 3.32. The summed E-state index contributed by atoms with van der Waals surface area (Å²) in [5, 5.41) is 4.92. The van der Waals surface area contributed by atoms with Gasteiger partial charge in [0, 0.05) is 24.9 Å².